The third-order valence-corrected chi connectivity index (χ3v) is 6.83. The van der Waals surface area contributed by atoms with Crippen LogP contribution in [0, 0.1) is 5.82 Å². The molecule has 0 saturated carbocycles. The number of hydrogen-bond acceptors (Lipinski definition) is 4. The van der Waals surface area contributed by atoms with E-state index in [-0.39, 0.29) is 10.7 Å². The fourth-order valence-corrected chi connectivity index (χ4v) is 5.04. The van der Waals surface area contributed by atoms with E-state index in [9.17, 15) is 18.8 Å². The van der Waals surface area contributed by atoms with Crippen molar-refractivity contribution >= 4 is 63.1 Å². The van der Waals surface area contributed by atoms with Crippen molar-refractivity contribution in [1.29, 1.82) is 0 Å². The molecule has 5 rings (SSSR count). The Bertz CT molecular complexity index is 1550. The first-order valence-electron chi connectivity index (χ1n) is 11.0. The highest BCUT2D eigenvalue weighted by Crippen LogP contribution is 2.34. The third-order valence-electron chi connectivity index (χ3n) is 5.69. The van der Waals surface area contributed by atoms with E-state index in [1.54, 1.807) is 48.5 Å². The highest BCUT2D eigenvalue weighted by Gasteiger charge is 2.36. The molecule has 6 nitrogen and oxygen atoms in total. The summed E-state index contributed by atoms with van der Waals surface area (Å²) in [5.74, 6) is -1.35. The number of halogens is 2. The number of benzene rings is 3. The maximum atomic E-state index is 14.3. The molecule has 1 saturated heterocycles. The predicted octanol–water partition coefficient (Wildman–Crippen LogP) is 6.16. The summed E-state index contributed by atoms with van der Waals surface area (Å²) in [5.41, 5.74) is 2.59. The van der Waals surface area contributed by atoms with E-state index in [1.165, 1.54) is 6.07 Å². The Labute approximate surface area is 215 Å². The van der Waals surface area contributed by atoms with Crippen molar-refractivity contribution in [3.05, 3.63) is 106 Å². The van der Waals surface area contributed by atoms with Crippen LogP contribution < -0.4 is 5.32 Å². The molecule has 3 aromatic carbocycles. The standard InChI is InChI=1S/C27H19ClFN3O3S/c28-19-7-5-8-20(13-19)30-25(33)16-32-26(34)24(36-27(32)35)12-18-15-31(23-11-4-2-9-21(18)23)14-17-6-1-3-10-22(17)29/h1-13,15H,14,16H2,(H,30,33)/b24-12-. The average molecular weight is 520 g/mol. The molecule has 1 aliphatic rings. The molecule has 0 spiro atoms. The van der Waals surface area contributed by atoms with Gasteiger partial charge < -0.3 is 9.88 Å². The molecule has 0 radical (unpaired) electrons. The first-order valence-corrected chi connectivity index (χ1v) is 12.2. The second-order valence-corrected chi connectivity index (χ2v) is 9.58. The normalized spacial score (nSPS) is 14.7. The van der Waals surface area contributed by atoms with E-state index >= 15 is 0 Å². The molecule has 36 heavy (non-hydrogen) atoms. The van der Waals surface area contributed by atoms with Crippen LogP contribution in [0.1, 0.15) is 11.1 Å². The molecule has 180 valence electrons. The van der Waals surface area contributed by atoms with Gasteiger partial charge in [-0.15, -0.1) is 0 Å². The van der Waals surface area contributed by atoms with Gasteiger partial charge >= 0.3 is 0 Å². The predicted molar refractivity (Wildman–Crippen MR) is 140 cm³/mol. The van der Waals surface area contributed by atoms with E-state index in [0.29, 0.717) is 22.8 Å². The lowest BCUT2D eigenvalue weighted by molar-refractivity contribution is -0.127. The lowest BCUT2D eigenvalue weighted by Gasteiger charge is -2.12. The molecule has 0 aliphatic carbocycles. The minimum atomic E-state index is -0.544. The van der Waals surface area contributed by atoms with E-state index in [4.69, 9.17) is 11.6 Å². The molecule has 1 aliphatic heterocycles. The second kappa shape index (κ2) is 10.0. The van der Waals surface area contributed by atoms with Crippen LogP contribution >= 0.6 is 23.4 Å². The molecular weight excluding hydrogens is 501 g/mol. The van der Waals surface area contributed by atoms with Gasteiger partial charge in [0.25, 0.3) is 11.1 Å². The SMILES string of the molecule is O=C(CN1C(=O)S/C(=C\c2cn(Cc3ccccc3F)c3ccccc23)C1=O)Nc1cccc(Cl)c1. The van der Waals surface area contributed by atoms with Gasteiger partial charge in [-0.25, -0.2) is 4.39 Å². The number of amides is 3. The zero-order chi connectivity index (χ0) is 25.2. The summed E-state index contributed by atoms with van der Waals surface area (Å²) < 4.78 is 16.2. The number of fused-ring (bicyclic) bond motifs is 1. The molecule has 0 unspecified atom stereocenters. The highest BCUT2D eigenvalue weighted by atomic mass is 35.5. The van der Waals surface area contributed by atoms with E-state index < -0.39 is 23.6 Å². The molecule has 0 atom stereocenters. The highest BCUT2D eigenvalue weighted by molar-refractivity contribution is 8.18. The summed E-state index contributed by atoms with van der Waals surface area (Å²) >= 11 is 6.72. The third kappa shape index (κ3) is 4.91. The largest absolute Gasteiger partial charge is 0.342 e. The van der Waals surface area contributed by atoms with Crippen LogP contribution in [-0.4, -0.2) is 33.1 Å². The number of thioether (sulfide) groups is 1. The lowest BCUT2D eigenvalue weighted by Crippen LogP contribution is -2.36. The van der Waals surface area contributed by atoms with Crippen molar-refractivity contribution in [1.82, 2.24) is 9.47 Å². The Hall–Kier alpha value is -3.88. The van der Waals surface area contributed by atoms with Crippen LogP contribution in [0.3, 0.4) is 0 Å². The maximum absolute atomic E-state index is 14.3. The summed E-state index contributed by atoms with van der Waals surface area (Å²) in [7, 11) is 0. The van der Waals surface area contributed by atoms with Gasteiger partial charge in [0.05, 0.1) is 11.4 Å². The van der Waals surface area contributed by atoms with Gasteiger partial charge in [-0.1, -0.05) is 54.1 Å². The minimum absolute atomic E-state index is 0.212. The number of hydrogen-bond donors (Lipinski definition) is 1. The first-order chi connectivity index (χ1) is 17.4. The minimum Gasteiger partial charge on any atom is -0.342 e. The van der Waals surface area contributed by atoms with Crippen molar-refractivity contribution < 1.29 is 18.8 Å². The Balaban J connectivity index is 1.38. The molecule has 1 aromatic heterocycles. The smallest absolute Gasteiger partial charge is 0.294 e. The quantitative estimate of drug-likeness (QED) is 0.310. The van der Waals surface area contributed by atoms with Crippen molar-refractivity contribution in [2.45, 2.75) is 6.54 Å². The lowest BCUT2D eigenvalue weighted by atomic mass is 10.1. The summed E-state index contributed by atoms with van der Waals surface area (Å²) in [6.45, 7) is -0.101. The zero-order valence-corrected chi connectivity index (χ0v) is 20.4. The molecular formula is C27H19ClFN3O3S. The van der Waals surface area contributed by atoms with Crippen LogP contribution in [0.4, 0.5) is 14.9 Å². The number of rotatable bonds is 6. The van der Waals surface area contributed by atoms with Crippen molar-refractivity contribution in [2.24, 2.45) is 0 Å². The number of nitrogens with zero attached hydrogens (tertiary/aromatic N) is 2. The fourth-order valence-electron chi connectivity index (χ4n) is 4.02. The Kier molecular flexibility index (Phi) is 6.63. The zero-order valence-electron chi connectivity index (χ0n) is 18.8. The molecule has 2 heterocycles. The van der Waals surface area contributed by atoms with Gasteiger partial charge in [-0.05, 0) is 48.2 Å². The summed E-state index contributed by atoms with van der Waals surface area (Å²) in [5, 5.41) is 3.43. The Morgan fingerprint density at radius 3 is 2.61 bits per heavy atom. The van der Waals surface area contributed by atoms with Crippen LogP contribution in [0.5, 0.6) is 0 Å². The fraction of sp³-hybridized carbons (Fsp3) is 0.0741. The van der Waals surface area contributed by atoms with E-state index in [1.807, 2.05) is 35.0 Å². The second-order valence-electron chi connectivity index (χ2n) is 8.15. The summed E-state index contributed by atoms with van der Waals surface area (Å²) in [6.07, 6.45) is 3.47. The van der Waals surface area contributed by atoms with Crippen LogP contribution in [0.25, 0.3) is 17.0 Å². The van der Waals surface area contributed by atoms with Gasteiger partial charge in [0, 0.05) is 38.9 Å². The van der Waals surface area contributed by atoms with Gasteiger partial charge in [-0.2, -0.15) is 0 Å². The molecule has 1 N–H and O–H groups in total. The summed E-state index contributed by atoms with van der Waals surface area (Å²) in [6, 6.07) is 20.7. The molecule has 3 amide bonds. The number of nitrogens with one attached hydrogen (secondary N) is 1. The number of carbonyl (C=O) groups is 3. The number of aromatic nitrogens is 1. The van der Waals surface area contributed by atoms with Crippen LogP contribution in [0.2, 0.25) is 5.02 Å². The summed E-state index contributed by atoms with van der Waals surface area (Å²) in [4.78, 5) is 39.1. The number of imide groups is 1. The number of carbonyl (C=O) groups excluding carboxylic acids is 3. The first kappa shape index (κ1) is 23.8. The van der Waals surface area contributed by atoms with Gasteiger partial charge in [0.1, 0.15) is 12.4 Å². The van der Waals surface area contributed by atoms with E-state index in [0.717, 1.165) is 33.1 Å². The Morgan fingerprint density at radius 1 is 1.03 bits per heavy atom. The maximum Gasteiger partial charge on any atom is 0.294 e. The van der Waals surface area contributed by atoms with Crippen LogP contribution in [0.15, 0.2) is 83.9 Å². The topological polar surface area (TPSA) is 71.4 Å². The van der Waals surface area contributed by atoms with Gasteiger partial charge in [0.2, 0.25) is 5.91 Å². The Morgan fingerprint density at radius 2 is 1.81 bits per heavy atom. The van der Waals surface area contributed by atoms with Gasteiger partial charge in [-0.3, -0.25) is 19.3 Å². The van der Waals surface area contributed by atoms with Crippen molar-refractivity contribution in [3.8, 4) is 0 Å². The monoisotopic (exact) mass is 519 g/mol. The van der Waals surface area contributed by atoms with Crippen molar-refractivity contribution in [2.75, 3.05) is 11.9 Å². The van der Waals surface area contributed by atoms with Crippen LogP contribution in [-0.2, 0) is 16.1 Å². The number of para-hydroxylation sites is 1. The average Bonchev–Trinajstić information content (AvgIpc) is 3.32. The van der Waals surface area contributed by atoms with E-state index in [2.05, 4.69) is 5.32 Å². The molecule has 0 bridgehead atoms. The van der Waals surface area contributed by atoms with Gasteiger partial charge in [0.15, 0.2) is 0 Å². The molecule has 9 heteroatoms. The molecule has 4 aromatic rings. The van der Waals surface area contributed by atoms with Crippen molar-refractivity contribution in [3.63, 3.8) is 0 Å². The number of anilines is 1. The molecule has 1 fully saturated rings.